The van der Waals surface area contributed by atoms with E-state index in [1.807, 2.05) is 4.90 Å². The van der Waals surface area contributed by atoms with Crippen molar-refractivity contribution in [2.24, 2.45) is 0 Å². The van der Waals surface area contributed by atoms with Crippen LogP contribution in [0.25, 0.3) is 0 Å². The van der Waals surface area contributed by atoms with E-state index in [-0.39, 0.29) is 16.7 Å². The third-order valence-electron chi connectivity index (χ3n) is 4.63. The Morgan fingerprint density at radius 3 is 1.13 bits per heavy atom. The molecule has 3 aromatic rings. The molecule has 0 radical (unpaired) electrons. The fraction of sp³-hybridized carbons (Fsp3) is 0.0870. The minimum absolute atomic E-state index is 0.176. The first-order valence-electron chi connectivity index (χ1n) is 9.06. The normalized spacial score (nSPS) is 10.4. The van der Waals surface area contributed by atoms with Crippen LogP contribution in [0.5, 0.6) is 0 Å². The number of benzene rings is 3. The van der Waals surface area contributed by atoms with Gasteiger partial charge < -0.3 is 20.2 Å². The SMILES string of the molecule is O=C(O)c1ccc(CN(Cc2ccc(C(=O)O)cc2)c2ccc(C(=O)O)cc2)cc1. The number of carboxylic acids is 3. The van der Waals surface area contributed by atoms with Crippen LogP contribution in [0, 0.1) is 0 Å². The van der Waals surface area contributed by atoms with Crippen LogP contribution in [0.15, 0.2) is 72.8 Å². The average molecular weight is 405 g/mol. The van der Waals surface area contributed by atoms with Gasteiger partial charge in [-0.25, -0.2) is 14.4 Å². The molecule has 3 N–H and O–H groups in total. The lowest BCUT2D eigenvalue weighted by atomic mass is 10.1. The zero-order valence-corrected chi connectivity index (χ0v) is 15.9. The summed E-state index contributed by atoms with van der Waals surface area (Å²) < 4.78 is 0. The number of carboxylic acid groups (broad SMARTS) is 3. The molecule has 0 aromatic heterocycles. The van der Waals surface area contributed by atoms with Crippen LogP contribution in [0.4, 0.5) is 5.69 Å². The van der Waals surface area contributed by atoms with Crippen LogP contribution < -0.4 is 4.90 Å². The third kappa shape index (κ3) is 5.02. The minimum Gasteiger partial charge on any atom is -0.478 e. The molecule has 3 aromatic carbocycles. The molecule has 0 amide bonds. The summed E-state index contributed by atoms with van der Waals surface area (Å²) in [7, 11) is 0. The molecule has 3 rings (SSSR count). The van der Waals surface area contributed by atoms with Gasteiger partial charge >= 0.3 is 17.9 Å². The molecule has 7 nitrogen and oxygen atoms in total. The predicted molar refractivity (Wildman–Crippen MR) is 110 cm³/mol. The topological polar surface area (TPSA) is 115 Å². The Hall–Kier alpha value is -4.13. The van der Waals surface area contributed by atoms with Crippen LogP contribution >= 0.6 is 0 Å². The van der Waals surface area contributed by atoms with Gasteiger partial charge in [0.1, 0.15) is 0 Å². The Kier molecular flexibility index (Phi) is 6.12. The second-order valence-corrected chi connectivity index (χ2v) is 6.71. The van der Waals surface area contributed by atoms with E-state index >= 15 is 0 Å². The van der Waals surface area contributed by atoms with Crippen LogP contribution in [0.2, 0.25) is 0 Å². The van der Waals surface area contributed by atoms with E-state index < -0.39 is 17.9 Å². The molecule has 0 fully saturated rings. The smallest absolute Gasteiger partial charge is 0.335 e. The number of hydrogen-bond acceptors (Lipinski definition) is 4. The highest BCUT2D eigenvalue weighted by molar-refractivity contribution is 5.88. The highest BCUT2D eigenvalue weighted by Gasteiger charge is 2.12. The van der Waals surface area contributed by atoms with Crippen molar-refractivity contribution in [2.45, 2.75) is 13.1 Å². The van der Waals surface area contributed by atoms with Crippen LogP contribution in [-0.4, -0.2) is 33.2 Å². The van der Waals surface area contributed by atoms with Gasteiger partial charge in [0.05, 0.1) is 16.7 Å². The lowest BCUT2D eigenvalue weighted by Crippen LogP contribution is -2.22. The van der Waals surface area contributed by atoms with E-state index in [0.29, 0.717) is 13.1 Å². The average Bonchev–Trinajstić information content (AvgIpc) is 2.74. The second-order valence-electron chi connectivity index (χ2n) is 6.71. The molecule has 0 saturated heterocycles. The first kappa shape index (κ1) is 20.6. The third-order valence-corrected chi connectivity index (χ3v) is 4.63. The molecule has 0 aliphatic rings. The standard InChI is InChI=1S/C23H19NO6/c25-21(26)17-5-1-15(2-6-17)13-24(20-11-9-19(10-12-20)23(29)30)14-16-3-7-18(8-4-16)22(27)28/h1-12H,13-14H2,(H,25,26)(H,27,28)(H,29,30). The van der Waals surface area contributed by atoms with Crippen molar-refractivity contribution >= 4 is 23.6 Å². The summed E-state index contributed by atoms with van der Waals surface area (Å²) in [5, 5.41) is 27.2. The Balaban J connectivity index is 1.88. The number of rotatable bonds is 8. The number of carbonyl (C=O) groups is 3. The summed E-state index contributed by atoms with van der Waals surface area (Å²) in [5.41, 5.74) is 3.11. The Morgan fingerprint density at radius 2 is 0.833 bits per heavy atom. The number of hydrogen-bond donors (Lipinski definition) is 3. The van der Waals surface area contributed by atoms with Gasteiger partial charge in [-0.15, -0.1) is 0 Å². The molecule has 0 atom stereocenters. The van der Waals surface area contributed by atoms with Crippen LogP contribution in [0.3, 0.4) is 0 Å². The van der Waals surface area contributed by atoms with E-state index in [0.717, 1.165) is 16.8 Å². The van der Waals surface area contributed by atoms with Crippen molar-refractivity contribution in [3.63, 3.8) is 0 Å². The number of anilines is 1. The Morgan fingerprint density at radius 1 is 0.533 bits per heavy atom. The summed E-state index contributed by atoms with van der Waals surface area (Å²) in [6.07, 6.45) is 0. The maximum absolute atomic E-state index is 11.1. The quantitative estimate of drug-likeness (QED) is 0.519. The summed E-state index contributed by atoms with van der Waals surface area (Å²) in [4.78, 5) is 35.2. The zero-order chi connectivity index (χ0) is 21.7. The van der Waals surface area contributed by atoms with Gasteiger partial charge in [0.15, 0.2) is 0 Å². The van der Waals surface area contributed by atoms with Crippen molar-refractivity contribution in [1.82, 2.24) is 0 Å². The highest BCUT2D eigenvalue weighted by Crippen LogP contribution is 2.22. The molecule has 0 unspecified atom stereocenters. The molecule has 152 valence electrons. The van der Waals surface area contributed by atoms with Gasteiger partial charge in [-0.3, -0.25) is 0 Å². The van der Waals surface area contributed by atoms with E-state index in [2.05, 4.69) is 0 Å². The van der Waals surface area contributed by atoms with E-state index in [9.17, 15) is 14.4 Å². The van der Waals surface area contributed by atoms with E-state index in [4.69, 9.17) is 15.3 Å². The molecule has 0 heterocycles. The van der Waals surface area contributed by atoms with Gasteiger partial charge in [-0.05, 0) is 59.7 Å². The van der Waals surface area contributed by atoms with Gasteiger partial charge in [0, 0.05) is 18.8 Å². The molecular weight excluding hydrogens is 386 g/mol. The minimum atomic E-state index is -1.01. The van der Waals surface area contributed by atoms with Crippen LogP contribution in [0.1, 0.15) is 42.2 Å². The maximum atomic E-state index is 11.1. The zero-order valence-electron chi connectivity index (χ0n) is 15.9. The lowest BCUT2D eigenvalue weighted by molar-refractivity contribution is 0.0686. The van der Waals surface area contributed by atoms with Crippen molar-refractivity contribution in [1.29, 1.82) is 0 Å². The highest BCUT2D eigenvalue weighted by atomic mass is 16.4. The van der Waals surface area contributed by atoms with Crippen molar-refractivity contribution in [3.8, 4) is 0 Å². The fourth-order valence-corrected chi connectivity index (χ4v) is 3.00. The molecule has 0 aliphatic heterocycles. The van der Waals surface area contributed by atoms with Crippen LogP contribution in [-0.2, 0) is 13.1 Å². The molecule has 0 saturated carbocycles. The van der Waals surface area contributed by atoms with Crippen molar-refractivity contribution in [3.05, 3.63) is 101 Å². The lowest BCUT2D eigenvalue weighted by Gasteiger charge is -2.25. The van der Waals surface area contributed by atoms with Crippen molar-refractivity contribution < 1.29 is 29.7 Å². The second kappa shape index (κ2) is 8.91. The maximum Gasteiger partial charge on any atom is 0.335 e. The molecule has 7 heteroatoms. The molecule has 0 bridgehead atoms. The number of aromatic carboxylic acids is 3. The van der Waals surface area contributed by atoms with Crippen molar-refractivity contribution in [2.75, 3.05) is 4.90 Å². The van der Waals surface area contributed by atoms with E-state index in [1.54, 1.807) is 36.4 Å². The van der Waals surface area contributed by atoms with Gasteiger partial charge in [0.25, 0.3) is 0 Å². The predicted octanol–water partition coefficient (Wildman–Crippen LogP) is 3.99. The summed E-state index contributed by atoms with van der Waals surface area (Å²) in [6, 6.07) is 19.5. The summed E-state index contributed by atoms with van der Waals surface area (Å²) >= 11 is 0. The first-order valence-corrected chi connectivity index (χ1v) is 9.06. The molecule has 30 heavy (non-hydrogen) atoms. The van der Waals surface area contributed by atoms with Gasteiger partial charge in [-0.1, -0.05) is 24.3 Å². The molecule has 0 aliphatic carbocycles. The molecule has 0 spiro atoms. The summed E-state index contributed by atoms with van der Waals surface area (Å²) in [6.45, 7) is 0.903. The van der Waals surface area contributed by atoms with Gasteiger partial charge in [-0.2, -0.15) is 0 Å². The number of nitrogens with zero attached hydrogens (tertiary/aromatic N) is 1. The van der Waals surface area contributed by atoms with E-state index in [1.165, 1.54) is 36.4 Å². The first-order chi connectivity index (χ1) is 14.3. The molecular formula is C23H19NO6. The largest absolute Gasteiger partial charge is 0.478 e. The monoisotopic (exact) mass is 405 g/mol. The van der Waals surface area contributed by atoms with Gasteiger partial charge in [0.2, 0.25) is 0 Å². The summed E-state index contributed by atoms with van der Waals surface area (Å²) in [5.74, 6) is -3.01. The fourth-order valence-electron chi connectivity index (χ4n) is 3.00. The Labute approximate surface area is 172 Å². The Bertz CT molecular complexity index is 997.